The van der Waals surface area contributed by atoms with E-state index in [1.54, 1.807) is 0 Å². The molecule has 0 aliphatic carbocycles. The molecule has 1 atom stereocenters. The Kier molecular flexibility index (Phi) is 4.24. The Morgan fingerprint density at radius 2 is 1.87 bits per heavy atom. The minimum atomic E-state index is -3.83. The molecule has 0 amide bonds. The van der Waals surface area contributed by atoms with Crippen LogP contribution in [-0.2, 0) is 9.13 Å². The zero-order valence-corrected chi connectivity index (χ0v) is 12.7. The SMILES string of the molecule is CN1C(Cl)=CP(=O)(Cl)C(P(=O)(Cl)Cl)=C1Cl. The van der Waals surface area contributed by atoms with E-state index < -0.39 is 12.3 Å². The average molecular weight is 349 g/mol. The van der Waals surface area contributed by atoms with E-state index in [1.807, 2.05) is 0 Å². The van der Waals surface area contributed by atoms with Gasteiger partial charge in [-0.15, -0.1) is 0 Å². The van der Waals surface area contributed by atoms with Crippen LogP contribution < -0.4 is 0 Å². The zero-order valence-electron chi connectivity index (χ0n) is 7.13. The van der Waals surface area contributed by atoms with Gasteiger partial charge in [0, 0.05) is 12.9 Å². The van der Waals surface area contributed by atoms with Gasteiger partial charge in [0.1, 0.15) is 15.4 Å². The lowest BCUT2D eigenvalue weighted by Gasteiger charge is -2.27. The molecule has 3 nitrogen and oxygen atoms in total. The van der Waals surface area contributed by atoms with E-state index in [0.29, 0.717) is 0 Å². The fourth-order valence-electron chi connectivity index (χ4n) is 0.920. The molecule has 0 bridgehead atoms. The van der Waals surface area contributed by atoms with Gasteiger partial charge in [0.25, 0.3) is 5.85 Å². The minimum absolute atomic E-state index is 0.0591. The van der Waals surface area contributed by atoms with Crippen molar-refractivity contribution >= 4 is 69.3 Å². The first-order valence-corrected chi connectivity index (χ1v) is 10.3. The first-order valence-electron chi connectivity index (χ1n) is 3.39. The van der Waals surface area contributed by atoms with Crippen LogP contribution in [0.3, 0.4) is 0 Å². The van der Waals surface area contributed by atoms with E-state index in [9.17, 15) is 9.13 Å². The van der Waals surface area contributed by atoms with Crippen LogP contribution in [0.2, 0.25) is 0 Å². The van der Waals surface area contributed by atoms with Crippen molar-refractivity contribution < 1.29 is 9.13 Å². The first kappa shape index (κ1) is 14.3. The summed E-state index contributed by atoms with van der Waals surface area (Å²) in [5, 5.41) is -0.480. The van der Waals surface area contributed by atoms with Crippen LogP contribution in [-0.4, -0.2) is 11.9 Å². The molecule has 0 saturated carbocycles. The molecule has 0 N–H and O–H groups in total. The predicted octanol–water partition coefficient (Wildman–Crippen LogP) is 5.52. The maximum absolute atomic E-state index is 11.9. The Hall–Kier alpha value is 1.19. The molecule has 0 aromatic carbocycles. The van der Waals surface area contributed by atoms with Gasteiger partial charge in [-0.3, -0.25) is 9.13 Å². The zero-order chi connectivity index (χ0) is 12.0. The molecule has 15 heavy (non-hydrogen) atoms. The van der Waals surface area contributed by atoms with Crippen molar-refractivity contribution in [3.63, 3.8) is 0 Å². The maximum atomic E-state index is 11.9. The standard InChI is InChI=1S/C5H4Cl5NO2P2/c1-11-3(6)2-14(8,12)5(4(11)7)15(9,10)13/h2H,1H3. The molecule has 1 unspecified atom stereocenters. The van der Waals surface area contributed by atoms with Crippen LogP contribution in [0.1, 0.15) is 0 Å². The summed E-state index contributed by atoms with van der Waals surface area (Å²) in [6.45, 7) is -3.61. The van der Waals surface area contributed by atoms with Crippen LogP contribution >= 0.6 is 69.3 Å². The largest absolute Gasteiger partial charge is 0.325 e. The Bertz CT molecular complexity index is 452. The predicted molar refractivity (Wildman–Crippen MR) is 67.4 cm³/mol. The molecule has 10 heteroatoms. The Balaban J connectivity index is 3.49. The highest BCUT2D eigenvalue weighted by atomic mass is 35.9. The minimum Gasteiger partial charge on any atom is -0.325 e. The highest BCUT2D eigenvalue weighted by Gasteiger charge is 2.42. The summed E-state index contributed by atoms with van der Waals surface area (Å²) < 4.78 is 23.4. The Morgan fingerprint density at radius 3 is 2.27 bits per heavy atom. The summed E-state index contributed by atoms with van der Waals surface area (Å²) in [4.78, 5) is 1.23. The highest BCUT2D eigenvalue weighted by molar-refractivity contribution is 8.20. The topological polar surface area (TPSA) is 37.4 Å². The van der Waals surface area contributed by atoms with Gasteiger partial charge in [-0.2, -0.15) is 0 Å². The number of hydrogen-bond donors (Lipinski definition) is 0. The Labute approximate surface area is 111 Å². The number of halogens is 5. The summed E-state index contributed by atoms with van der Waals surface area (Å²) in [5.41, 5.74) is 0. The second kappa shape index (κ2) is 4.46. The van der Waals surface area contributed by atoms with Gasteiger partial charge in [0.05, 0.1) is 0 Å². The second-order valence-electron chi connectivity index (χ2n) is 2.66. The third-order valence-electron chi connectivity index (χ3n) is 1.61. The lowest BCUT2D eigenvalue weighted by molar-refractivity contribution is 0.567. The monoisotopic (exact) mass is 347 g/mol. The Morgan fingerprint density at radius 1 is 1.40 bits per heavy atom. The molecule has 1 aliphatic heterocycles. The first-order chi connectivity index (χ1) is 6.57. The van der Waals surface area contributed by atoms with Crippen LogP contribution in [0.4, 0.5) is 0 Å². The third kappa shape index (κ3) is 2.90. The van der Waals surface area contributed by atoms with Crippen LogP contribution in [0.15, 0.2) is 21.2 Å². The highest BCUT2D eigenvalue weighted by Crippen LogP contribution is 2.82. The van der Waals surface area contributed by atoms with Crippen molar-refractivity contribution in [3.05, 3.63) is 21.2 Å². The molecule has 0 fully saturated rings. The van der Waals surface area contributed by atoms with Gasteiger partial charge in [-0.25, -0.2) is 0 Å². The van der Waals surface area contributed by atoms with Gasteiger partial charge in [0.2, 0.25) is 6.49 Å². The molecular formula is C5H4Cl5NO2P2. The van der Waals surface area contributed by atoms with Crippen molar-refractivity contribution in [1.29, 1.82) is 0 Å². The average Bonchev–Trinajstić information content (AvgIpc) is 1.95. The number of nitrogens with zero attached hydrogens (tertiary/aromatic N) is 1. The van der Waals surface area contributed by atoms with E-state index in [2.05, 4.69) is 0 Å². The van der Waals surface area contributed by atoms with E-state index >= 15 is 0 Å². The van der Waals surface area contributed by atoms with Crippen molar-refractivity contribution in [2.24, 2.45) is 0 Å². The van der Waals surface area contributed by atoms with E-state index in [1.165, 1.54) is 11.9 Å². The molecule has 0 aromatic heterocycles. The molecule has 0 aromatic rings. The molecular weight excluding hydrogens is 345 g/mol. The summed E-state index contributed by atoms with van der Waals surface area (Å²) in [5.74, 6) is -2.79. The summed E-state index contributed by atoms with van der Waals surface area (Å²) in [6.07, 6.45) is 0. The molecule has 86 valence electrons. The third-order valence-corrected chi connectivity index (χ3v) is 9.51. The van der Waals surface area contributed by atoms with Crippen molar-refractivity contribution in [2.45, 2.75) is 0 Å². The summed E-state index contributed by atoms with van der Waals surface area (Å²) in [7, 11) is 1.47. The lowest BCUT2D eigenvalue weighted by atomic mass is 10.7. The molecule has 0 spiro atoms. The van der Waals surface area contributed by atoms with Crippen LogP contribution in [0.25, 0.3) is 0 Å². The van der Waals surface area contributed by atoms with Gasteiger partial charge < -0.3 is 4.90 Å². The van der Waals surface area contributed by atoms with Crippen molar-refractivity contribution in [3.8, 4) is 0 Å². The van der Waals surface area contributed by atoms with Gasteiger partial charge in [0.15, 0.2) is 0 Å². The molecule has 1 heterocycles. The lowest BCUT2D eigenvalue weighted by Crippen LogP contribution is -2.14. The van der Waals surface area contributed by atoms with Gasteiger partial charge >= 0.3 is 0 Å². The van der Waals surface area contributed by atoms with E-state index in [0.717, 1.165) is 5.82 Å². The second-order valence-corrected chi connectivity index (χ2v) is 11.9. The van der Waals surface area contributed by atoms with Gasteiger partial charge in [-0.1, -0.05) is 23.2 Å². The molecule has 1 aliphatic rings. The van der Waals surface area contributed by atoms with Crippen molar-refractivity contribution in [2.75, 3.05) is 7.05 Å². The maximum Gasteiger partial charge on any atom is 0.289 e. The normalized spacial score (nSPS) is 28.1. The quantitative estimate of drug-likeness (QED) is 0.462. The summed E-state index contributed by atoms with van der Waals surface area (Å²) >= 11 is 28.0. The fourth-order valence-corrected chi connectivity index (χ4v) is 10.3. The fraction of sp³-hybridized carbons (Fsp3) is 0.200. The number of rotatable bonds is 1. The molecule has 0 radical (unpaired) electrons. The molecule has 0 saturated heterocycles. The van der Waals surface area contributed by atoms with Gasteiger partial charge in [-0.05, 0) is 33.7 Å². The van der Waals surface area contributed by atoms with Crippen LogP contribution in [0.5, 0.6) is 0 Å². The van der Waals surface area contributed by atoms with Crippen LogP contribution in [0, 0.1) is 0 Å². The van der Waals surface area contributed by atoms with Crippen molar-refractivity contribution in [1.82, 2.24) is 4.90 Å². The van der Waals surface area contributed by atoms with E-state index in [4.69, 9.17) is 56.9 Å². The number of hydrogen-bond acceptors (Lipinski definition) is 3. The smallest absolute Gasteiger partial charge is 0.289 e. The molecule has 1 rings (SSSR count). The summed E-state index contributed by atoms with van der Waals surface area (Å²) in [6, 6.07) is 0. The van der Waals surface area contributed by atoms with E-state index in [-0.39, 0.29) is 15.4 Å².